The molecule has 8 nitrogen and oxygen atoms in total. The largest absolute Gasteiger partial charge is 0.333 e. The molecule has 0 unspecified atom stereocenters. The first-order chi connectivity index (χ1) is 14.3. The van der Waals surface area contributed by atoms with Gasteiger partial charge in [-0.05, 0) is 81.8 Å². The molecule has 1 aromatic carbocycles. The number of nitrogens with zero attached hydrogens (tertiary/aromatic N) is 3. The first kappa shape index (κ1) is 20.9. The Balaban J connectivity index is 1.56. The quantitative estimate of drug-likeness (QED) is 0.732. The molecule has 9 heteroatoms. The van der Waals surface area contributed by atoms with E-state index in [1.54, 1.807) is 4.68 Å². The number of nitrogens with one attached hydrogen (secondary N) is 2. The van der Waals surface area contributed by atoms with Gasteiger partial charge in [0.05, 0.1) is 5.69 Å². The highest BCUT2D eigenvalue weighted by atomic mass is 32.2. The summed E-state index contributed by atoms with van der Waals surface area (Å²) in [6.07, 6.45) is 5.99. The SMILES string of the molecule is CCn1nc(S(=O)(=O)NC(=O)Nc2c3c(cc4c2CCC4)CCC3)cc1CN(C)C. The predicted molar refractivity (Wildman–Crippen MR) is 115 cm³/mol. The van der Waals surface area contributed by atoms with E-state index in [9.17, 15) is 13.2 Å². The minimum absolute atomic E-state index is 0.139. The molecule has 2 aliphatic rings. The van der Waals surface area contributed by atoms with E-state index in [0.29, 0.717) is 13.1 Å². The number of fused-ring (bicyclic) bond motifs is 2. The van der Waals surface area contributed by atoms with E-state index in [1.165, 1.54) is 17.2 Å². The highest BCUT2D eigenvalue weighted by Crippen LogP contribution is 2.38. The summed E-state index contributed by atoms with van der Waals surface area (Å²) in [7, 11) is -0.255. The lowest BCUT2D eigenvalue weighted by atomic mass is 9.99. The van der Waals surface area contributed by atoms with Crippen LogP contribution in [-0.4, -0.2) is 43.2 Å². The normalized spacial score (nSPS) is 15.3. The Morgan fingerprint density at radius 3 is 2.30 bits per heavy atom. The molecule has 2 N–H and O–H groups in total. The number of rotatable bonds is 6. The molecule has 162 valence electrons. The molecule has 0 fully saturated rings. The summed E-state index contributed by atoms with van der Waals surface area (Å²) in [5.74, 6) is 0. The molecular formula is C21H29N5O3S. The maximum atomic E-state index is 12.8. The topological polar surface area (TPSA) is 96.3 Å². The average molecular weight is 432 g/mol. The molecule has 1 heterocycles. The van der Waals surface area contributed by atoms with Crippen molar-refractivity contribution in [3.05, 3.63) is 40.1 Å². The first-order valence-corrected chi connectivity index (χ1v) is 12.0. The number of hydrogen-bond acceptors (Lipinski definition) is 5. The minimum Gasteiger partial charge on any atom is -0.307 e. The van der Waals surface area contributed by atoms with Gasteiger partial charge in [-0.1, -0.05) is 6.07 Å². The van der Waals surface area contributed by atoms with E-state index in [1.807, 2.05) is 25.9 Å². The van der Waals surface area contributed by atoms with Crippen LogP contribution in [0.3, 0.4) is 0 Å². The Labute approximate surface area is 177 Å². The molecule has 0 radical (unpaired) electrons. The van der Waals surface area contributed by atoms with Gasteiger partial charge in [-0.3, -0.25) is 4.68 Å². The minimum atomic E-state index is -4.07. The van der Waals surface area contributed by atoms with Gasteiger partial charge in [0, 0.05) is 24.8 Å². The molecule has 0 saturated carbocycles. The van der Waals surface area contributed by atoms with Gasteiger partial charge in [0.2, 0.25) is 0 Å². The Bertz CT molecular complexity index is 1060. The standard InChI is InChI=1S/C21H29N5O3S/c1-4-26-16(13-25(2)3)12-19(23-26)30(28,29)24-21(27)22-20-17-9-5-7-14(17)11-15-8-6-10-18(15)20/h11-12H,4-10,13H2,1-3H3,(H2,22,24,27). The molecule has 2 amide bonds. The van der Waals surface area contributed by atoms with Gasteiger partial charge in [0.1, 0.15) is 0 Å². The summed E-state index contributed by atoms with van der Waals surface area (Å²) < 4.78 is 29.4. The Kier molecular flexibility index (Phi) is 5.59. The molecular weight excluding hydrogens is 402 g/mol. The highest BCUT2D eigenvalue weighted by molar-refractivity contribution is 7.90. The molecule has 0 spiro atoms. The van der Waals surface area contributed by atoms with Gasteiger partial charge in [0.25, 0.3) is 10.0 Å². The molecule has 0 bridgehead atoms. The molecule has 0 saturated heterocycles. The molecule has 0 aliphatic heterocycles. The molecule has 30 heavy (non-hydrogen) atoms. The van der Waals surface area contributed by atoms with Crippen LogP contribution in [0, 0.1) is 0 Å². The van der Waals surface area contributed by atoms with Gasteiger partial charge in [-0.15, -0.1) is 0 Å². The third kappa shape index (κ3) is 3.96. The summed E-state index contributed by atoms with van der Waals surface area (Å²) in [4.78, 5) is 14.6. The molecule has 0 atom stereocenters. The monoisotopic (exact) mass is 431 g/mol. The summed E-state index contributed by atoms with van der Waals surface area (Å²) in [5.41, 5.74) is 6.48. The lowest BCUT2D eigenvalue weighted by molar-refractivity contribution is 0.256. The third-order valence-corrected chi connectivity index (χ3v) is 7.04. The van der Waals surface area contributed by atoms with Crippen LogP contribution in [0.1, 0.15) is 47.7 Å². The van der Waals surface area contributed by atoms with Crippen LogP contribution >= 0.6 is 0 Å². The summed E-state index contributed by atoms with van der Waals surface area (Å²) >= 11 is 0. The van der Waals surface area contributed by atoms with Gasteiger partial charge < -0.3 is 10.2 Å². The van der Waals surface area contributed by atoms with Crippen LogP contribution in [0.2, 0.25) is 0 Å². The van der Waals surface area contributed by atoms with E-state index >= 15 is 0 Å². The van der Waals surface area contributed by atoms with Crippen molar-refractivity contribution in [2.45, 2.75) is 63.6 Å². The lowest BCUT2D eigenvalue weighted by Gasteiger charge is -2.16. The smallest absolute Gasteiger partial charge is 0.307 e. The van der Waals surface area contributed by atoms with Gasteiger partial charge in [-0.25, -0.2) is 9.52 Å². The Hall–Kier alpha value is -2.39. The van der Waals surface area contributed by atoms with Gasteiger partial charge in [-0.2, -0.15) is 13.5 Å². The van der Waals surface area contributed by atoms with Crippen LogP contribution in [-0.2, 0) is 48.8 Å². The molecule has 2 aliphatic carbocycles. The van der Waals surface area contributed by atoms with E-state index < -0.39 is 16.1 Å². The van der Waals surface area contributed by atoms with Crippen molar-refractivity contribution < 1.29 is 13.2 Å². The predicted octanol–water partition coefficient (Wildman–Crippen LogP) is 2.45. The van der Waals surface area contributed by atoms with Crippen LogP contribution in [0.5, 0.6) is 0 Å². The van der Waals surface area contributed by atoms with Crippen molar-refractivity contribution in [1.29, 1.82) is 0 Å². The number of amides is 2. The number of urea groups is 1. The van der Waals surface area contributed by atoms with Crippen molar-refractivity contribution >= 4 is 21.7 Å². The van der Waals surface area contributed by atoms with Crippen molar-refractivity contribution in [2.75, 3.05) is 19.4 Å². The zero-order chi connectivity index (χ0) is 21.5. The number of sulfonamides is 1. The average Bonchev–Trinajstić information content (AvgIpc) is 3.39. The lowest BCUT2D eigenvalue weighted by Crippen LogP contribution is -2.35. The van der Waals surface area contributed by atoms with Crippen LogP contribution < -0.4 is 10.0 Å². The van der Waals surface area contributed by atoms with Crippen LogP contribution in [0.25, 0.3) is 0 Å². The maximum absolute atomic E-state index is 12.8. The second-order valence-corrected chi connectivity index (χ2v) is 9.95. The zero-order valence-corrected chi connectivity index (χ0v) is 18.6. The van der Waals surface area contributed by atoms with E-state index in [2.05, 4.69) is 21.2 Å². The number of anilines is 1. The van der Waals surface area contributed by atoms with Crippen molar-refractivity contribution in [2.24, 2.45) is 0 Å². The Morgan fingerprint density at radius 2 is 1.73 bits per heavy atom. The second kappa shape index (κ2) is 8.03. The fraction of sp³-hybridized carbons (Fsp3) is 0.524. The first-order valence-electron chi connectivity index (χ1n) is 10.5. The number of benzene rings is 1. The number of aryl methyl sites for hydroxylation is 3. The van der Waals surface area contributed by atoms with Crippen molar-refractivity contribution in [1.82, 2.24) is 19.4 Å². The van der Waals surface area contributed by atoms with E-state index in [4.69, 9.17) is 0 Å². The third-order valence-electron chi connectivity index (χ3n) is 5.83. The van der Waals surface area contributed by atoms with Crippen LogP contribution in [0.15, 0.2) is 17.2 Å². The molecule has 1 aromatic heterocycles. The van der Waals surface area contributed by atoms with Gasteiger partial charge in [0.15, 0.2) is 5.03 Å². The van der Waals surface area contributed by atoms with E-state index in [-0.39, 0.29) is 5.03 Å². The summed E-state index contributed by atoms with van der Waals surface area (Å²) in [5, 5.41) is 6.91. The maximum Gasteiger partial charge on any atom is 0.333 e. The summed E-state index contributed by atoms with van der Waals surface area (Å²) in [6, 6.07) is 3.06. The second-order valence-electron chi connectivity index (χ2n) is 8.32. The Morgan fingerprint density at radius 1 is 1.10 bits per heavy atom. The number of carbonyl (C=O) groups is 1. The van der Waals surface area contributed by atoms with Crippen molar-refractivity contribution in [3.8, 4) is 0 Å². The molecule has 2 aromatic rings. The zero-order valence-electron chi connectivity index (χ0n) is 17.8. The fourth-order valence-electron chi connectivity index (χ4n) is 4.57. The fourth-order valence-corrected chi connectivity index (χ4v) is 5.46. The number of hydrogen-bond donors (Lipinski definition) is 2. The van der Waals surface area contributed by atoms with E-state index in [0.717, 1.165) is 61.0 Å². The number of carbonyl (C=O) groups excluding carboxylic acids is 1. The highest BCUT2D eigenvalue weighted by Gasteiger charge is 2.27. The van der Waals surface area contributed by atoms with Crippen molar-refractivity contribution in [3.63, 3.8) is 0 Å². The molecule has 4 rings (SSSR count). The summed E-state index contributed by atoms with van der Waals surface area (Å²) in [6.45, 7) is 3.01. The number of aromatic nitrogens is 2. The van der Waals surface area contributed by atoms with Crippen LogP contribution in [0.4, 0.5) is 10.5 Å². The van der Waals surface area contributed by atoms with Gasteiger partial charge >= 0.3 is 6.03 Å².